The third-order valence-corrected chi connectivity index (χ3v) is 5.96. The van der Waals surface area contributed by atoms with Crippen molar-refractivity contribution in [2.24, 2.45) is 5.92 Å². The zero-order chi connectivity index (χ0) is 19.3. The van der Waals surface area contributed by atoms with Crippen LogP contribution in [0.1, 0.15) is 56.5 Å². The van der Waals surface area contributed by atoms with Crippen LogP contribution >= 0.6 is 0 Å². The van der Waals surface area contributed by atoms with Gasteiger partial charge in [0.05, 0.1) is 17.1 Å². The summed E-state index contributed by atoms with van der Waals surface area (Å²) in [7, 11) is 0. The Labute approximate surface area is 167 Å². The van der Waals surface area contributed by atoms with Gasteiger partial charge in [-0.3, -0.25) is 4.79 Å². The Bertz CT molecular complexity index is 925. The fraction of sp³-hybridized carbons (Fsp3) is 0.417. The number of nitrogens with one attached hydrogen (secondary N) is 1. The van der Waals surface area contributed by atoms with Crippen LogP contribution in [-0.2, 0) is 11.2 Å². The van der Waals surface area contributed by atoms with E-state index in [1.807, 2.05) is 12.1 Å². The van der Waals surface area contributed by atoms with Crippen molar-refractivity contribution in [3.63, 3.8) is 0 Å². The van der Waals surface area contributed by atoms with Gasteiger partial charge in [0.15, 0.2) is 0 Å². The Morgan fingerprint density at radius 2 is 1.79 bits per heavy atom. The lowest BCUT2D eigenvalue weighted by atomic mass is 9.89. The van der Waals surface area contributed by atoms with E-state index in [0.717, 1.165) is 36.1 Å². The molecule has 0 unspecified atom stereocenters. The van der Waals surface area contributed by atoms with E-state index in [1.165, 1.54) is 24.8 Å². The summed E-state index contributed by atoms with van der Waals surface area (Å²) in [5, 5.41) is 3.16. The fourth-order valence-electron chi connectivity index (χ4n) is 4.39. The van der Waals surface area contributed by atoms with Crippen LogP contribution in [0.5, 0.6) is 0 Å². The van der Waals surface area contributed by atoms with Crippen LogP contribution in [-0.4, -0.2) is 22.0 Å². The topological polar surface area (TPSA) is 46.9 Å². The van der Waals surface area contributed by atoms with Crippen molar-refractivity contribution >= 4 is 16.9 Å². The van der Waals surface area contributed by atoms with E-state index >= 15 is 0 Å². The summed E-state index contributed by atoms with van der Waals surface area (Å²) in [5.74, 6) is 1.45. The van der Waals surface area contributed by atoms with Gasteiger partial charge in [0.2, 0.25) is 5.91 Å². The van der Waals surface area contributed by atoms with E-state index < -0.39 is 0 Å². The first kappa shape index (κ1) is 18.7. The maximum absolute atomic E-state index is 12.5. The molecule has 0 bridgehead atoms. The van der Waals surface area contributed by atoms with E-state index in [0.29, 0.717) is 6.54 Å². The largest absolute Gasteiger partial charge is 0.355 e. The maximum atomic E-state index is 12.5. The summed E-state index contributed by atoms with van der Waals surface area (Å²) in [5.41, 5.74) is 3.42. The molecule has 0 saturated heterocycles. The zero-order valence-corrected chi connectivity index (χ0v) is 16.6. The minimum Gasteiger partial charge on any atom is -0.355 e. The highest BCUT2D eigenvalue weighted by Gasteiger charge is 2.21. The number of aromatic nitrogens is 2. The summed E-state index contributed by atoms with van der Waals surface area (Å²) in [6.07, 6.45) is 6.45. The van der Waals surface area contributed by atoms with E-state index in [-0.39, 0.29) is 17.9 Å². The van der Waals surface area contributed by atoms with E-state index in [9.17, 15) is 4.79 Å². The summed E-state index contributed by atoms with van der Waals surface area (Å²) in [6.45, 7) is 2.85. The zero-order valence-electron chi connectivity index (χ0n) is 16.6. The number of carbonyl (C=O) groups is 1. The molecule has 1 atom stereocenters. The molecule has 4 nitrogen and oxygen atoms in total. The molecule has 4 rings (SSSR count). The number of fused-ring (bicyclic) bond motifs is 1. The quantitative estimate of drug-likeness (QED) is 0.667. The lowest BCUT2D eigenvalue weighted by molar-refractivity contribution is -0.125. The second-order valence-electron chi connectivity index (χ2n) is 7.85. The minimum absolute atomic E-state index is 0.192. The number of imidazole rings is 1. The van der Waals surface area contributed by atoms with Gasteiger partial charge in [0.25, 0.3) is 0 Å². The SMILES string of the molecule is C[C@@H](c1ccccc1)n1c(CCNC(=O)C2CCCCC2)nc2ccccc21. The van der Waals surface area contributed by atoms with Gasteiger partial charge >= 0.3 is 0 Å². The Hall–Kier alpha value is -2.62. The molecule has 1 aliphatic carbocycles. The van der Waals surface area contributed by atoms with E-state index in [1.54, 1.807) is 0 Å². The summed E-state index contributed by atoms with van der Waals surface area (Å²) < 4.78 is 2.32. The van der Waals surface area contributed by atoms with Gasteiger partial charge in [-0.1, -0.05) is 61.7 Å². The Balaban J connectivity index is 1.52. The van der Waals surface area contributed by atoms with Gasteiger partial charge in [-0.2, -0.15) is 0 Å². The molecule has 0 spiro atoms. The molecule has 1 saturated carbocycles. The average Bonchev–Trinajstić information content (AvgIpc) is 3.12. The Morgan fingerprint density at radius 3 is 2.57 bits per heavy atom. The number of amides is 1. The molecule has 28 heavy (non-hydrogen) atoms. The van der Waals surface area contributed by atoms with Crippen LogP contribution in [0.4, 0.5) is 0 Å². The van der Waals surface area contributed by atoms with Crippen molar-refractivity contribution in [1.82, 2.24) is 14.9 Å². The second kappa shape index (κ2) is 8.59. The van der Waals surface area contributed by atoms with Gasteiger partial charge in [-0.15, -0.1) is 0 Å². The fourth-order valence-corrected chi connectivity index (χ4v) is 4.39. The molecule has 2 aromatic carbocycles. The molecule has 0 aliphatic heterocycles. The highest BCUT2D eigenvalue weighted by Crippen LogP contribution is 2.26. The average molecular weight is 376 g/mol. The van der Waals surface area contributed by atoms with Crippen LogP contribution in [0.25, 0.3) is 11.0 Å². The van der Waals surface area contributed by atoms with Gasteiger partial charge in [-0.05, 0) is 37.5 Å². The first-order valence-corrected chi connectivity index (χ1v) is 10.5. The molecule has 3 aromatic rings. The van der Waals surface area contributed by atoms with Crippen molar-refractivity contribution in [1.29, 1.82) is 0 Å². The van der Waals surface area contributed by atoms with Gasteiger partial charge in [-0.25, -0.2) is 4.98 Å². The molecule has 146 valence electrons. The molecular weight excluding hydrogens is 346 g/mol. The number of nitrogens with zero attached hydrogens (tertiary/aromatic N) is 2. The number of carbonyl (C=O) groups excluding carboxylic acids is 1. The van der Waals surface area contributed by atoms with Gasteiger partial charge in [0.1, 0.15) is 5.82 Å². The standard InChI is InChI=1S/C24H29N3O/c1-18(19-10-4-2-5-11-19)27-22-15-9-8-14-21(22)26-23(27)16-17-25-24(28)20-12-6-3-7-13-20/h2,4-5,8-11,14-15,18,20H,3,6-7,12-13,16-17H2,1H3,(H,25,28)/t18-/m0/s1. The molecule has 1 aromatic heterocycles. The molecule has 1 fully saturated rings. The van der Waals surface area contributed by atoms with Crippen LogP contribution < -0.4 is 5.32 Å². The van der Waals surface area contributed by atoms with Crippen molar-refractivity contribution in [2.75, 3.05) is 6.54 Å². The number of hydrogen-bond donors (Lipinski definition) is 1. The molecule has 1 N–H and O–H groups in total. The van der Waals surface area contributed by atoms with Crippen LogP contribution in [0.3, 0.4) is 0 Å². The van der Waals surface area contributed by atoms with Crippen LogP contribution in [0.2, 0.25) is 0 Å². The first-order valence-electron chi connectivity index (χ1n) is 10.5. The highest BCUT2D eigenvalue weighted by molar-refractivity contribution is 5.79. The molecule has 1 aliphatic rings. The lowest BCUT2D eigenvalue weighted by Gasteiger charge is -2.21. The molecule has 0 radical (unpaired) electrons. The van der Waals surface area contributed by atoms with Gasteiger partial charge in [0, 0.05) is 18.9 Å². The van der Waals surface area contributed by atoms with Crippen LogP contribution in [0.15, 0.2) is 54.6 Å². The summed E-state index contributed by atoms with van der Waals surface area (Å²) in [6, 6.07) is 19.0. The number of hydrogen-bond acceptors (Lipinski definition) is 2. The highest BCUT2D eigenvalue weighted by atomic mass is 16.1. The number of rotatable bonds is 6. The van der Waals surface area contributed by atoms with Crippen molar-refractivity contribution in [2.45, 2.75) is 51.5 Å². The number of para-hydroxylation sites is 2. The molecule has 1 heterocycles. The smallest absolute Gasteiger partial charge is 0.223 e. The summed E-state index contributed by atoms with van der Waals surface area (Å²) >= 11 is 0. The van der Waals surface area contributed by atoms with Crippen molar-refractivity contribution < 1.29 is 4.79 Å². The maximum Gasteiger partial charge on any atom is 0.223 e. The molecular formula is C24H29N3O. The Kier molecular flexibility index (Phi) is 5.75. The summed E-state index contributed by atoms with van der Waals surface area (Å²) in [4.78, 5) is 17.3. The third-order valence-electron chi connectivity index (χ3n) is 5.96. The third kappa shape index (κ3) is 3.96. The minimum atomic E-state index is 0.192. The normalized spacial score (nSPS) is 16.2. The first-order chi connectivity index (χ1) is 13.7. The monoisotopic (exact) mass is 375 g/mol. The molecule has 1 amide bonds. The van der Waals surface area contributed by atoms with E-state index in [2.05, 4.69) is 59.3 Å². The Morgan fingerprint density at radius 1 is 1.07 bits per heavy atom. The van der Waals surface area contributed by atoms with Gasteiger partial charge < -0.3 is 9.88 Å². The van der Waals surface area contributed by atoms with E-state index in [4.69, 9.17) is 4.98 Å². The van der Waals surface area contributed by atoms with Crippen molar-refractivity contribution in [3.05, 3.63) is 66.0 Å². The molecule has 4 heteroatoms. The van der Waals surface area contributed by atoms with Crippen molar-refractivity contribution in [3.8, 4) is 0 Å². The lowest BCUT2D eigenvalue weighted by Crippen LogP contribution is -2.33. The predicted octanol–water partition coefficient (Wildman–Crippen LogP) is 4.88. The second-order valence-corrected chi connectivity index (χ2v) is 7.85. The predicted molar refractivity (Wildman–Crippen MR) is 113 cm³/mol. The van der Waals surface area contributed by atoms with Crippen LogP contribution in [0, 0.1) is 5.92 Å². The number of benzene rings is 2.